The molecule has 2 atom stereocenters. The van der Waals surface area contributed by atoms with Crippen molar-refractivity contribution in [1.82, 2.24) is 10.2 Å². The van der Waals surface area contributed by atoms with Gasteiger partial charge in [0.15, 0.2) is 0 Å². The summed E-state index contributed by atoms with van der Waals surface area (Å²) < 4.78 is 5.28. The highest BCUT2D eigenvalue weighted by atomic mass is 16.5. The number of nitrogens with zero attached hydrogens (tertiary/aromatic N) is 1. The van der Waals surface area contributed by atoms with Crippen LogP contribution in [0.25, 0.3) is 0 Å². The van der Waals surface area contributed by atoms with Gasteiger partial charge in [-0.05, 0) is 43.5 Å². The highest BCUT2D eigenvalue weighted by molar-refractivity contribution is 5.97. The summed E-state index contributed by atoms with van der Waals surface area (Å²) >= 11 is 0. The van der Waals surface area contributed by atoms with E-state index in [0.717, 1.165) is 38.5 Å². The highest BCUT2D eigenvalue weighted by Crippen LogP contribution is 2.28. The predicted molar refractivity (Wildman–Crippen MR) is 73.4 cm³/mol. The quantitative estimate of drug-likeness (QED) is 0.873. The summed E-state index contributed by atoms with van der Waals surface area (Å²) in [6.07, 6.45) is 1.11. The normalized spacial score (nSPS) is 26.1. The lowest BCUT2D eigenvalue weighted by Gasteiger charge is -2.34. The van der Waals surface area contributed by atoms with Crippen LogP contribution in [0.3, 0.4) is 0 Å². The molecule has 0 aliphatic carbocycles. The first-order valence-electron chi connectivity index (χ1n) is 6.92. The van der Waals surface area contributed by atoms with Gasteiger partial charge in [-0.1, -0.05) is 12.1 Å². The van der Waals surface area contributed by atoms with Gasteiger partial charge in [0.1, 0.15) is 5.75 Å². The van der Waals surface area contributed by atoms with Gasteiger partial charge >= 0.3 is 0 Å². The van der Waals surface area contributed by atoms with E-state index in [9.17, 15) is 4.79 Å². The first-order valence-corrected chi connectivity index (χ1v) is 6.92. The lowest BCUT2D eigenvalue weighted by Crippen LogP contribution is -2.43. The van der Waals surface area contributed by atoms with Gasteiger partial charge in [0, 0.05) is 13.1 Å². The minimum atomic E-state index is 0.0998. The Morgan fingerprint density at radius 1 is 1.32 bits per heavy atom. The first kappa shape index (κ1) is 12.5. The summed E-state index contributed by atoms with van der Waals surface area (Å²) in [5.74, 6) is 2.14. The van der Waals surface area contributed by atoms with Crippen LogP contribution in [0.5, 0.6) is 5.75 Å². The number of para-hydroxylation sites is 1. The molecule has 19 heavy (non-hydrogen) atoms. The Morgan fingerprint density at radius 2 is 2.11 bits per heavy atom. The monoisotopic (exact) mass is 260 g/mol. The van der Waals surface area contributed by atoms with Crippen molar-refractivity contribution >= 4 is 5.91 Å². The Hall–Kier alpha value is -1.55. The number of nitrogens with one attached hydrogen (secondary N) is 1. The van der Waals surface area contributed by atoms with Gasteiger partial charge in [-0.15, -0.1) is 0 Å². The number of carbonyl (C=O) groups excluding carboxylic acids is 1. The largest absolute Gasteiger partial charge is 0.496 e. The maximum Gasteiger partial charge on any atom is 0.257 e. The Morgan fingerprint density at radius 3 is 2.95 bits per heavy atom. The second kappa shape index (κ2) is 5.21. The van der Waals surface area contributed by atoms with Crippen LogP contribution in [0.2, 0.25) is 0 Å². The zero-order chi connectivity index (χ0) is 13.2. The first-order chi connectivity index (χ1) is 9.29. The van der Waals surface area contributed by atoms with Crippen molar-refractivity contribution in [3.8, 4) is 5.75 Å². The number of benzene rings is 1. The minimum absolute atomic E-state index is 0.0998. The fraction of sp³-hybridized carbons (Fsp3) is 0.533. The van der Waals surface area contributed by atoms with E-state index in [-0.39, 0.29) is 5.91 Å². The van der Waals surface area contributed by atoms with Crippen molar-refractivity contribution in [2.75, 3.05) is 33.3 Å². The van der Waals surface area contributed by atoms with Gasteiger partial charge in [-0.3, -0.25) is 4.79 Å². The third-order valence-corrected chi connectivity index (χ3v) is 4.33. The zero-order valence-corrected chi connectivity index (χ0v) is 11.3. The summed E-state index contributed by atoms with van der Waals surface area (Å²) in [7, 11) is 1.61. The van der Waals surface area contributed by atoms with Crippen LogP contribution in [0.4, 0.5) is 0 Å². The topological polar surface area (TPSA) is 41.6 Å². The second-order valence-electron chi connectivity index (χ2n) is 5.42. The molecule has 2 aliphatic heterocycles. The van der Waals surface area contributed by atoms with Gasteiger partial charge in [0.25, 0.3) is 5.91 Å². The molecule has 1 aromatic rings. The summed E-state index contributed by atoms with van der Waals surface area (Å²) in [5, 5.41) is 3.42. The molecule has 0 aromatic heterocycles. The summed E-state index contributed by atoms with van der Waals surface area (Å²) in [6, 6.07) is 7.47. The standard InChI is InChI=1S/C15H20N2O2/c1-19-14-5-3-2-4-13(14)15(18)17-7-6-11-8-16-9-12(11)10-17/h2-5,11-12,16H,6-10H2,1H3. The van der Waals surface area contributed by atoms with Crippen LogP contribution in [-0.2, 0) is 0 Å². The molecular formula is C15H20N2O2. The Kier molecular flexibility index (Phi) is 3.42. The summed E-state index contributed by atoms with van der Waals surface area (Å²) in [4.78, 5) is 14.6. The number of amides is 1. The summed E-state index contributed by atoms with van der Waals surface area (Å²) in [5.41, 5.74) is 0.675. The van der Waals surface area contributed by atoms with Crippen LogP contribution in [0.1, 0.15) is 16.8 Å². The van der Waals surface area contributed by atoms with Crippen LogP contribution < -0.4 is 10.1 Å². The van der Waals surface area contributed by atoms with Crippen LogP contribution in [0.15, 0.2) is 24.3 Å². The van der Waals surface area contributed by atoms with E-state index < -0.39 is 0 Å². The van der Waals surface area contributed by atoms with Crippen molar-refractivity contribution in [2.45, 2.75) is 6.42 Å². The fourth-order valence-electron chi connectivity index (χ4n) is 3.21. The Bertz CT molecular complexity index is 475. The molecular weight excluding hydrogens is 240 g/mol. The lowest BCUT2D eigenvalue weighted by molar-refractivity contribution is 0.0639. The van der Waals surface area contributed by atoms with Crippen molar-refractivity contribution in [2.24, 2.45) is 11.8 Å². The van der Waals surface area contributed by atoms with Gasteiger partial charge in [0.2, 0.25) is 0 Å². The number of hydrogen-bond acceptors (Lipinski definition) is 3. The number of likely N-dealkylation sites (tertiary alicyclic amines) is 1. The molecule has 2 unspecified atom stereocenters. The van der Waals surface area contributed by atoms with E-state index in [2.05, 4.69) is 5.32 Å². The number of fused-ring (bicyclic) bond motifs is 1. The maximum absolute atomic E-state index is 12.6. The van der Waals surface area contributed by atoms with E-state index >= 15 is 0 Å². The van der Waals surface area contributed by atoms with Gasteiger partial charge < -0.3 is 15.0 Å². The third-order valence-electron chi connectivity index (χ3n) is 4.33. The van der Waals surface area contributed by atoms with E-state index in [1.165, 1.54) is 0 Å². The van der Waals surface area contributed by atoms with E-state index in [1.54, 1.807) is 7.11 Å². The zero-order valence-electron chi connectivity index (χ0n) is 11.3. The molecule has 2 aliphatic rings. The predicted octanol–water partition coefficient (Wildman–Crippen LogP) is 1.38. The molecule has 1 aromatic carbocycles. The molecule has 2 fully saturated rings. The molecule has 0 spiro atoms. The van der Waals surface area contributed by atoms with Crippen molar-refractivity contribution in [1.29, 1.82) is 0 Å². The molecule has 0 saturated carbocycles. The molecule has 4 heteroatoms. The molecule has 3 rings (SSSR count). The van der Waals surface area contributed by atoms with Gasteiger partial charge in [0.05, 0.1) is 12.7 Å². The average molecular weight is 260 g/mol. The number of hydrogen-bond donors (Lipinski definition) is 1. The molecule has 0 radical (unpaired) electrons. The maximum atomic E-state index is 12.6. The van der Waals surface area contributed by atoms with Gasteiger partial charge in [-0.2, -0.15) is 0 Å². The smallest absolute Gasteiger partial charge is 0.257 e. The second-order valence-corrected chi connectivity index (χ2v) is 5.42. The number of carbonyl (C=O) groups is 1. The number of piperidine rings is 1. The van der Waals surface area contributed by atoms with Crippen molar-refractivity contribution in [3.63, 3.8) is 0 Å². The highest BCUT2D eigenvalue weighted by Gasteiger charge is 2.35. The van der Waals surface area contributed by atoms with Gasteiger partial charge in [-0.25, -0.2) is 0 Å². The average Bonchev–Trinajstić information content (AvgIpc) is 2.93. The van der Waals surface area contributed by atoms with Crippen LogP contribution in [0, 0.1) is 11.8 Å². The SMILES string of the molecule is COc1ccccc1C(=O)N1CCC2CNCC2C1. The molecule has 0 bridgehead atoms. The lowest BCUT2D eigenvalue weighted by atomic mass is 9.88. The number of ether oxygens (including phenoxy) is 1. The van der Waals surface area contributed by atoms with E-state index in [1.807, 2.05) is 29.2 Å². The number of rotatable bonds is 2. The van der Waals surface area contributed by atoms with E-state index in [4.69, 9.17) is 4.74 Å². The van der Waals surface area contributed by atoms with E-state index in [0.29, 0.717) is 17.2 Å². The molecule has 102 valence electrons. The van der Waals surface area contributed by atoms with Crippen molar-refractivity contribution in [3.05, 3.63) is 29.8 Å². The summed E-state index contributed by atoms with van der Waals surface area (Å²) in [6.45, 7) is 3.88. The van der Waals surface area contributed by atoms with Crippen molar-refractivity contribution < 1.29 is 9.53 Å². The van der Waals surface area contributed by atoms with Crippen LogP contribution in [-0.4, -0.2) is 44.1 Å². The molecule has 4 nitrogen and oxygen atoms in total. The van der Waals surface area contributed by atoms with Crippen LogP contribution >= 0.6 is 0 Å². The minimum Gasteiger partial charge on any atom is -0.496 e. The third kappa shape index (κ3) is 2.32. The Balaban J connectivity index is 1.76. The molecule has 1 amide bonds. The fourth-order valence-corrected chi connectivity index (χ4v) is 3.21. The molecule has 1 N–H and O–H groups in total. The molecule has 2 saturated heterocycles. The Labute approximate surface area is 113 Å². The number of methoxy groups -OCH3 is 1. The molecule has 2 heterocycles.